The summed E-state index contributed by atoms with van der Waals surface area (Å²) in [6, 6.07) is 11.6. The SMILES string of the molecule is C=C(CCl)C(C(=O)O)N1C(=O)C2N=C(C(O[Si](C)(C)C)c3ccc(OCc4ccc([N+](=O)[O-])cc4)cc3)SC21. The van der Waals surface area contributed by atoms with Crippen molar-refractivity contribution in [1.29, 1.82) is 0 Å². The van der Waals surface area contributed by atoms with Crippen molar-refractivity contribution in [2.24, 2.45) is 4.99 Å². The van der Waals surface area contributed by atoms with Crippen molar-refractivity contribution in [2.75, 3.05) is 5.88 Å². The van der Waals surface area contributed by atoms with E-state index in [1.807, 2.05) is 12.1 Å². The molecule has 1 saturated heterocycles. The number of non-ortho nitro benzene ring substituents is 1. The van der Waals surface area contributed by atoms with Gasteiger partial charge >= 0.3 is 5.97 Å². The van der Waals surface area contributed by atoms with Gasteiger partial charge in [0.1, 0.15) is 28.9 Å². The van der Waals surface area contributed by atoms with Crippen LogP contribution in [0, 0.1) is 10.1 Å². The zero-order chi connectivity index (χ0) is 28.5. The number of hydrogen-bond acceptors (Lipinski definition) is 8. The Bertz CT molecular complexity index is 1310. The zero-order valence-corrected chi connectivity index (χ0v) is 24.1. The van der Waals surface area contributed by atoms with E-state index >= 15 is 0 Å². The van der Waals surface area contributed by atoms with Crippen molar-refractivity contribution >= 4 is 54.3 Å². The molecule has 0 aromatic heterocycles. The Balaban J connectivity index is 1.49. The lowest BCUT2D eigenvalue weighted by Crippen LogP contribution is -2.66. The van der Waals surface area contributed by atoms with Crippen molar-refractivity contribution in [1.82, 2.24) is 4.90 Å². The molecule has 2 heterocycles. The lowest BCUT2D eigenvalue weighted by atomic mass is 10.00. The maximum absolute atomic E-state index is 12.9. The maximum atomic E-state index is 12.9. The van der Waals surface area contributed by atoms with Gasteiger partial charge in [-0.15, -0.1) is 11.6 Å². The molecule has 13 heteroatoms. The molecule has 1 fully saturated rings. The minimum absolute atomic E-state index is 0.0185. The Labute approximate surface area is 235 Å². The number of nitro benzene ring substituents is 1. The van der Waals surface area contributed by atoms with E-state index in [-0.39, 0.29) is 29.7 Å². The molecule has 0 radical (unpaired) electrons. The highest BCUT2D eigenvalue weighted by atomic mass is 35.5. The van der Waals surface area contributed by atoms with Crippen LogP contribution in [0.5, 0.6) is 5.75 Å². The number of carboxylic acid groups (broad SMARTS) is 1. The molecule has 1 N–H and O–H groups in total. The Morgan fingerprint density at radius 3 is 2.41 bits per heavy atom. The Morgan fingerprint density at radius 1 is 1.23 bits per heavy atom. The molecular weight excluding hydrogens is 562 g/mol. The third kappa shape index (κ3) is 6.35. The quantitative estimate of drug-likeness (QED) is 0.0914. The molecule has 2 aliphatic rings. The van der Waals surface area contributed by atoms with E-state index < -0.39 is 42.8 Å². The van der Waals surface area contributed by atoms with Gasteiger partial charge in [-0.3, -0.25) is 19.9 Å². The first-order chi connectivity index (χ1) is 18.4. The van der Waals surface area contributed by atoms with Crippen molar-refractivity contribution in [3.63, 3.8) is 0 Å². The number of alkyl halides is 1. The number of aliphatic imine (C=N–C) groups is 1. The summed E-state index contributed by atoms with van der Waals surface area (Å²) in [6.07, 6.45) is -0.523. The number of nitro groups is 1. The summed E-state index contributed by atoms with van der Waals surface area (Å²) >= 11 is 7.17. The van der Waals surface area contributed by atoms with Crippen molar-refractivity contribution in [3.8, 4) is 5.75 Å². The fourth-order valence-electron chi connectivity index (χ4n) is 4.20. The average molecular weight is 590 g/mol. The fraction of sp³-hybridized carbons (Fsp3) is 0.346. The summed E-state index contributed by atoms with van der Waals surface area (Å²) in [4.78, 5) is 41.1. The first-order valence-corrected chi connectivity index (χ1v) is 16.9. The molecule has 1 amide bonds. The van der Waals surface area contributed by atoms with Gasteiger partial charge in [0.2, 0.25) is 0 Å². The molecule has 4 atom stereocenters. The van der Waals surface area contributed by atoms with Gasteiger partial charge in [0, 0.05) is 18.0 Å². The highest BCUT2D eigenvalue weighted by Crippen LogP contribution is 2.45. The summed E-state index contributed by atoms with van der Waals surface area (Å²) in [5, 5.41) is 20.7. The number of fused-ring (bicyclic) bond motifs is 1. The van der Waals surface area contributed by atoms with Crippen LogP contribution < -0.4 is 4.74 Å². The molecule has 0 spiro atoms. The number of benzene rings is 2. The van der Waals surface area contributed by atoms with Crippen LogP contribution in [0.1, 0.15) is 17.2 Å². The molecule has 0 aliphatic carbocycles. The number of hydrogen-bond donors (Lipinski definition) is 1. The number of carbonyl (C=O) groups excluding carboxylic acids is 1. The zero-order valence-electron chi connectivity index (χ0n) is 21.6. The number of ether oxygens (including phenoxy) is 1. The van der Waals surface area contributed by atoms with E-state index in [2.05, 4.69) is 31.2 Å². The molecule has 2 aromatic rings. The highest BCUT2D eigenvalue weighted by molar-refractivity contribution is 8.15. The topological polar surface area (TPSA) is 132 Å². The van der Waals surface area contributed by atoms with Crippen LogP contribution in [-0.4, -0.2) is 63.5 Å². The largest absolute Gasteiger partial charge is 0.489 e. The molecule has 0 bridgehead atoms. The van der Waals surface area contributed by atoms with Crippen LogP contribution in [0.25, 0.3) is 0 Å². The number of carboxylic acids is 1. The molecule has 10 nitrogen and oxygen atoms in total. The first kappa shape index (κ1) is 28.8. The first-order valence-electron chi connectivity index (χ1n) is 12.1. The van der Waals surface area contributed by atoms with Gasteiger partial charge in [0.15, 0.2) is 20.4 Å². The third-order valence-corrected chi connectivity index (χ3v) is 8.63. The number of aliphatic carboxylic acids is 1. The van der Waals surface area contributed by atoms with Crippen LogP contribution in [0.2, 0.25) is 19.6 Å². The number of amides is 1. The maximum Gasteiger partial charge on any atom is 0.330 e. The van der Waals surface area contributed by atoms with Crippen molar-refractivity contribution in [3.05, 3.63) is 81.9 Å². The summed E-state index contributed by atoms with van der Waals surface area (Å²) in [7, 11) is -2.07. The number of likely N-dealkylation sites (tertiary alicyclic amines) is 1. The van der Waals surface area contributed by atoms with E-state index in [4.69, 9.17) is 20.8 Å². The van der Waals surface area contributed by atoms with Crippen molar-refractivity contribution < 1.29 is 28.8 Å². The van der Waals surface area contributed by atoms with Crippen molar-refractivity contribution in [2.45, 2.75) is 49.8 Å². The van der Waals surface area contributed by atoms with E-state index in [0.29, 0.717) is 10.8 Å². The van der Waals surface area contributed by atoms with Crippen LogP contribution >= 0.6 is 23.4 Å². The highest BCUT2D eigenvalue weighted by Gasteiger charge is 2.57. The van der Waals surface area contributed by atoms with Crippen LogP contribution in [-0.2, 0) is 20.6 Å². The van der Waals surface area contributed by atoms with Crippen LogP contribution in [0.4, 0.5) is 5.69 Å². The van der Waals surface area contributed by atoms with Gasteiger partial charge < -0.3 is 19.2 Å². The lowest BCUT2D eigenvalue weighted by Gasteiger charge is -2.44. The predicted molar refractivity (Wildman–Crippen MR) is 152 cm³/mol. The van der Waals surface area contributed by atoms with Crippen LogP contribution in [0.3, 0.4) is 0 Å². The molecule has 4 rings (SSSR count). The summed E-state index contributed by atoms with van der Waals surface area (Å²) in [6.45, 7) is 10.1. The standard InChI is InChI=1S/C26H28ClN3O7SSi/c1-15(13-27)21(26(32)33)29-24(31)20-25(29)38-23(28-20)22(37-39(2,3)4)17-7-11-19(12-8-17)36-14-16-5-9-18(10-6-16)30(34)35/h5-12,20-22,25H,1,13-14H2,2-4H3,(H,32,33). The number of carbonyl (C=O) groups is 2. The Hall–Kier alpha value is -3.19. The average Bonchev–Trinajstić information content (AvgIpc) is 3.28. The van der Waals surface area contributed by atoms with Gasteiger partial charge in [0.05, 0.1) is 4.92 Å². The molecule has 2 aliphatic heterocycles. The molecule has 39 heavy (non-hydrogen) atoms. The Kier molecular flexibility index (Phi) is 8.50. The second kappa shape index (κ2) is 11.5. The van der Waals surface area contributed by atoms with E-state index in [1.165, 1.54) is 28.8 Å². The number of thioether (sulfide) groups is 1. The molecule has 206 valence electrons. The van der Waals surface area contributed by atoms with E-state index in [9.17, 15) is 24.8 Å². The Morgan fingerprint density at radius 2 is 1.87 bits per heavy atom. The minimum atomic E-state index is -2.07. The third-order valence-electron chi connectivity index (χ3n) is 6.06. The smallest absolute Gasteiger partial charge is 0.330 e. The second-order valence-electron chi connectivity index (χ2n) is 10.1. The number of rotatable bonds is 12. The number of nitrogens with zero attached hydrogens (tertiary/aromatic N) is 3. The summed E-state index contributed by atoms with van der Waals surface area (Å²) in [5.74, 6) is -1.02. The summed E-state index contributed by atoms with van der Waals surface area (Å²) < 4.78 is 12.3. The molecular formula is C26H28ClN3O7SSi. The van der Waals surface area contributed by atoms with Gasteiger partial charge in [0.25, 0.3) is 11.6 Å². The number of β-lactam (4-membered cyclic amide) rings is 1. The lowest BCUT2D eigenvalue weighted by molar-refractivity contribution is -0.384. The summed E-state index contributed by atoms with van der Waals surface area (Å²) in [5.41, 5.74) is 1.88. The fourth-order valence-corrected chi connectivity index (χ4v) is 6.76. The minimum Gasteiger partial charge on any atom is -0.489 e. The van der Waals surface area contributed by atoms with Gasteiger partial charge in [-0.05, 0) is 60.6 Å². The van der Waals surface area contributed by atoms with E-state index in [1.54, 1.807) is 24.3 Å². The molecule has 0 saturated carbocycles. The normalized spacial score (nSPS) is 19.9. The molecule has 2 aromatic carbocycles. The monoisotopic (exact) mass is 589 g/mol. The van der Waals surface area contributed by atoms with E-state index in [0.717, 1.165) is 11.1 Å². The number of halogens is 1. The predicted octanol–water partition coefficient (Wildman–Crippen LogP) is 5.00. The molecule has 4 unspecified atom stereocenters. The van der Waals surface area contributed by atoms with Gasteiger partial charge in [-0.25, -0.2) is 4.79 Å². The van der Waals surface area contributed by atoms with Gasteiger partial charge in [-0.1, -0.05) is 30.5 Å². The second-order valence-corrected chi connectivity index (χ2v) is 16.0. The van der Waals surface area contributed by atoms with Crippen LogP contribution in [0.15, 0.2) is 65.7 Å². The van der Waals surface area contributed by atoms with Gasteiger partial charge in [-0.2, -0.15) is 0 Å².